The van der Waals surface area contributed by atoms with Gasteiger partial charge < -0.3 is 15.4 Å². The molecule has 0 spiro atoms. The molecule has 2 aromatic rings. The van der Waals surface area contributed by atoms with E-state index in [1.807, 2.05) is 6.92 Å². The monoisotopic (exact) mass is 424 g/mol. The first-order valence-corrected chi connectivity index (χ1v) is 11.0. The summed E-state index contributed by atoms with van der Waals surface area (Å²) < 4.78 is 5.26. The standard InChI is InChI=1S/C24H28N2O3S/c1-6-29-23(27)21-17(5)25-24(28)26-22(21)20-12-18(15(3)11-16(20)4)13-30-19-9-7-14(2)8-10-19/h7-12,22H,6,13H2,1-5H3,(H2,25,26,28). The number of hydrogen-bond acceptors (Lipinski definition) is 4. The van der Waals surface area contributed by atoms with Crippen LogP contribution in [0.5, 0.6) is 0 Å². The van der Waals surface area contributed by atoms with Gasteiger partial charge in [0, 0.05) is 16.3 Å². The van der Waals surface area contributed by atoms with Crippen molar-refractivity contribution in [2.75, 3.05) is 6.61 Å². The molecular formula is C24H28N2O3S. The first-order valence-electron chi connectivity index (χ1n) is 10.0. The fraction of sp³-hybridized carbons (Fsp3) is 0.333. The number of carbonyl (C=O) groups excluding carboxylic acids is 2. The van der Waals surface area contributed by atoms with Gasteiger partial charge in [0.05, 0.1) is 18.2 Å². The van der Waals surface area contributed by atoms with Gasteiger partial charge in [0.15, 0.2) is 0 Å². The SMILES string of the molecule is CCOC(=O)C1=C(C)NC(=O)NC1c1cc(CSc2ccc(C)cc2)c(C)cc1C. The third-order valence-electron chi connectivity index (χ3n) is 5.22. The maximum Gasteiger partial charge on any atom is 0.338 e. The van der Waals surface area contributed by atoms with E-state index in [0.29, 0.717) is 11.3 Å². The van der Waals surface area contributed by atoms with Crippen molar-refractivity contribution in [3.05, 3.63) is 75.5 Å². The summed E-state index contributed by atoms with van der Waals surface area (Å²) in [6.07, 6.45) is 0. The summed E-state index contributed by atoms with van der Waals surface area (Å²) >= 11 is 1.77. The minimum atomic E-state index is -0.540. The van der Waals surface area contributed by atoms with Crippen LogP contribution in [0.4, 0.5) is 4.79 Å². The van der Waals surface area contributed by atoms with Crippen LogP contribution in [-0.4, -0.2) is 18.6 Å². The van der Waals surface area contributed by atoms with Gasteiger partial charge in [0.2, 0.25) is 0 Å². The molecule has 1 heterocycles. The molecule has 0 bridgehead atoms. The molecule has 0 aromatic heterocycles. The largest absolute Gasteiger partial charge is 0.463 e. The number of ether oxygens (including phenoxy) is 1. The maximum atomic E-state index is 12.6. The molecule has 1 unspecified atom stereocenters. The van der Waals surface area contributed by atoms with Crippen LogP contribution in [0.15, 0.2) is 52.6 Å². The van der Waals surface area contributed by atoms with E-state index in [4.69, 9.17) is 4.74 Å². The van der Waals surface area contributed by atoms with Gasteiger partial charge >= 0.3 is 12.0 Å². The molecule has 0 radical (unpaired) electrons. The van der Waals surface area contributed by atoms with Crippen molar-refractivity contribution in [3.63, 3.8) is 0 Å². The highest BCUT2D eigenvalue weighted by atomic mass is 32.2. The zero-order chi connectivity index (χ0) is 21.8. The molecule has 2 amide bonds. The zero-order valence-corrected chi connectivity index (χ0v) is 18.9. The van der Waals surface area contributed by atoms with Gasteiger partial charge in [-0.05, 0) is 69.0 Å². The number of nitrogens with one attached hydrogen (secondary N) is 2. The van der Waals surface area contributed by atoms with Crippen molar-refractivity contribution in [1.82, 2.24) is 10.6 Å². The molecule has 0 saturated heterocycles. The van der Waals surface area contributed by atoms with Crippen LogP contribution in [0, 0.1) is 20.8 Å². The molecule has 1 aliphatic rings. The summed E-state index contributed by atoms with van der Waals surface area (Å²) in [5.74, 6) is 0.390. The lowest BCUT2D eigenvalue weighted by atomic mass is 9.90. The second-order valence-electron chi connectivity index (χ2n) is 7.53. The molecule has 5 nitrogen and oxygen atoms in total. The summed E-state index contributed by atoms with van der Waals surface area (Å²) in [5.41, 5.74) is 6.52. The molecule has 2 aromatic carbocycles. The van der Waals surface area contributed by atoms with E-state index in [9.17, 15) is 9.59 Å². The molecule has 2 N–H and O–H groups in total. The first-order chi connectivity index (χ1) is 14.3. The van der Waals surface area contributed by atoms with Gasteiger partial charge in [-0.25, -0.2) is 9.59 Å². The van der Waals surface area contributed by atoms with Gasteiger partial charge in [0.1, 0.15) is 0 Å². The van der Waals surface area contributed by atoms with Crippen LogP contribution in [0.2, 0.25) is 0 Å². The number of amides is 2. The number of aryl methyl sites for hydroxylation is 3. The topological polar surface area (TPSA) is 67.4 Å². The first kappa shape index (κ1) is 22.0. The molecule has 158 valence electrons. The van der Waals surface area contributed by atoms with Crippen molar-refractivity contribution >= 4 is 23.8 Å². The molecule has 0 aliphatic carbocycles. The highest BCUT2D eigenvalue weighted by molar-refractivity contribution is 7.98. The number of benzene rings is 2. The van der Waals surface area contributed by atoms with Crippen LogP contribution in [-0.2, 0) is 15.3 Å². The number of hydrogen-bond donors (Lipinski definition) is 2. The van der Waals surface area contributed by atoms with E-state index < -0.39 is 12.0 Å². The minimum Gasteiger partial charge on any atom is -0.463 e. The lowest BCUT2D eigenvalue weighted by molar-refractivity contribution is -0.139. The number of thioether (sulfide) groups is 1. The van der Waals surface area contributed by atoms with Gasteiger partial charge in [-0.15, -0.1) is 11.8 Å². The van der Waals surface area contributed by atoms with Gasteiger partial charge in [-0.1, -0.05) is 29.8 Å². The molecule has 0 saturated carbocycles. The average molecular weight is 425 g/mol. The number of rotatable bonds is 6. The number of urea groups is 1. The van der Waals surface area contributed by atoms with E-state index in [1.165, 1.54) is 21.6 Å². The lowest BCUT2D eigenvalue weighted by Crippen LogP contribution is -2.45. The van der Waals surface area contributed by atoms with Crippen LogP contribution < -0.4 is 10.6 Å². The second-order valence-corrected chi connectivity index (χ2v) is 8.58. The van der Waals surface area contributed by atoms with Gasteiger partial charge in [-0.2, -0.15) is 0 Å². The summed E-state index contributed by atoms with van der Waals surface area (Å²) in [5, 5.41) is 5.59. The number of carbonyl (C=O) groups is 2. The van der Waals surface area contributed by atoms with Crippen LogP contribution in [0.3, 0.4) is 0 Å². The van der Waals surface area contributed by atoms with Crippen molar-refractivity contribution in [2.45, 2.75) is 51.3 Å². The predicted molar refractivity (Wildman–Crippen MR) is 120 cm³/mol. The Hall–Kier alpha value is -2.73. The Balaban J connectivity index is 1.94. The van der Waals surface area contributed by atoms with Crippen LogP contribution >= 0.6 is 11.8 Å². The van der Waals surface area contributed by atoms with Crippen LogP contribution in [0.25, 0.3) is 0 Å². The summed E-state index contributed by atoms with van der Waals surface area (Å²) in [7, 11) is 0. The highest BCUT2D eigenvalue weighted by Crippen LogP contribution is 2.33. The fourth-order valence-corrected chi connectivity index (χ4v) is 4.55. The molecular weight excluding hydrogens is 396 g/mol. The van der Waals surface area contributed by atoms with Crippen molar-refractivity contribution in [1.29, 1.82) is 0 Å². The van der Waals surface area contributed by atoms with E-state index in [1.54, 1.807) is 25.6 Å². The Labute approximate surface area is 182 Å². The molecule has 0 fully saturated rings. The highest BCUT2D eigenvalue weighted by Gasteiger charge is 2.33. The Bertz CT molecular complexity index is 996. The summed E-state index contributed by atoms with van der Waals surface area (Å²) in [4.78, 5) is 26.0. The van der Waals surface area contributed by atoms with E-state index >= 15 is 0 Å². The van der Waals surface area contributed by atoms with Crippen molar-refractivity contribution < 1.29 is 14.3 Å². The normalized spacial score (nSPS) is 16.2. The van der Waals surface area contributed by atoms with E-state index in [0.717, 1.165) is 16.9 Å². The average Bonchev–Trinajstić information content (AvgIpc) is 2.68. The van der Waals surface area contributed by atoms with Gasteiger partial charge in [0.25, 0.3) is 0 Å². The van der Waals surface area contributed by atoms with Crippen LogP contribution in [0.1, 0.15) is 47.7 Å². The van der Waals surface area contributed by atoms with Crippen molar-refractivity contribution in [2.24, 2.45) is 0 Å². The van der Waals surface area contributed by atoms with E-state index in [2.05, 4.69) is 60.9 Å². The Kier molecular flexibility index (Phi) is 6.87. The third kappa shape index (κ3) is 4.87. The maximum absolute atomic E-state index is 12.6. The molecule has 30 heavy (non-hydrogen) atoms. The zero-order valence-electron chi connectivity index (χ0n) is 18.1. The second kappa shape index (κ2) is 9.39. The Morgan fingerprint density at radius 3 is 2.43 bits per heavy atom. The summed E-state index contributed by atoms with van der Waals surface area (Å²) in [6.45, 7) is 9.96. The fourth-order valence-electron chi connectivity index (χ4n) is 3.58. The smallest absolute Gasteiger partial charge is 0.338 e. The number of allylic oxidation sites excluding steroid dienone is 1. The van der Waals surface area contributed by atoms with Gasteiger partial charge in [-0.3, -0.25) is 0 Å². The molecule has 3 rings (SSSR count). The summed E-state index contributed by atoms with van der Waals surface area (Å²) in [6, 6.07) is 11.8. The lowest BCUT2D eigenvalue weighted by Gasteiger charge is -2.29. The molecule has 1 atom stereocenters. The predicted octanol–water partition coefficient (Wildman–Crippen LogP) is 5.10. The molecule has 1 aliphatic heterocycles. The third-order valence-corrected chi connectivity index (χ3v) is 6.28. The molecule has 6 heteroatoms. The van der Waals surface area contributed by atoms with Crippen molar-refractivity contribution in [3.8, 4) is 0 Å². The van der Waals surface area contributed by atoms with E-state index in [-0.39, 0.29) is 12.6 Å². The minimum absolute atomic E-state index is 0.279. The Morgan fingerprint density at radius 2 is 1.77 bits per heavy atom. The number of esters is 1. The Morgan fingerprint density at radius 1 is 1.07 bits per heavy atom. The quantitative estimate of drug-likeness (QED) is 0.500.